The molecule has 0 aliphatic rings. The molecule has 0 unspecified atom stereocenters. The minimum atomic E-state index is -4.28. The maximum atomic E-state index is 14.4. The Morgan fingerprint density at radius 3 is 2.05 bits per heavy atom. The number of hydrogen-bond donors (Lipinski definition) is 1. The van der Waals surface area contributed by atoms with E-state index in [4.69, 9.17) is 0 Å². The molecule has 0 fully saturated rings. The minimum absolute atomic E-state index is 0.0943. The zero-order chi connectivity index (χ0) is 31.5. The average molecular weight is 616 g/mol. The van der Waals surface area contributed by atoms with Crippen LogP contribution in [0.25, 0.3) is 0 Å². The molecule has 4 rings (SSSR count). The van der Waals surface area contributed by atoms with Crippen LogP contribution in [-0.2, 0) is 32.6 Å². The van der Waals surface area contributed by atoms with E-state index in [0.717, 1.165) is 46.0 Å². The van der Waals surface area contributed by atoms with Gasteiger partial charge in [-0.3, -0.25) is 13.9 Å². The van der Waals surface area contributed by atoms with E-state index in [1.165, 1.54) is 17.0 Å². The number of hydrogen-bond acceptors (Lipinski definition) is 4. The SMILES string of the molecule is CCCCNC(=O)[C@@H](Cc1ccccc1)N(Cc1ccc(C)cc1)C(=O)CN(c1ccccc1)S(=O)(=O)c1ccc(F)cc1. The molecule has 0 aromatic heterocycles. The van der Waals surface area contributed by atoms with Gasteiger partial charge in [-0.2, -0.15) is 0 Å². The first kappa shape index (κ1) is 32.4. The summed E-state index contributed by atoms with van der Waals surface area (Å²) >= 11 is 0. The van der Waals surface area contributed by atoms with Gasteiger partial charge in [0.15, 0.2) is 0 Å². The van der Waals surface area contributed by atoms with Crippen LogP contribution in [0, 0.1) is 12.7 Å². The number of carbonyl (C=O) groups excluding carboxylic acids is 2. The number of aryl methyl sites for hydroxylation is 1. The normalized spacial score (nSPS) is 11.9. The number of nitrogens with one attached hydrogen (secondary N) is 1. The molecular formula is C35H38FN3O4S. The van der Waals surface area contributed by atoms with Crippen LogP contribution in [0.5, 0.6) is 0 Å². The number of benzene rings is 4. The number of carbonyl (C=O) groups is 2. The van der Waals surface area contributed by atoms with Crippen LogP contribution < -0.4 is 9.62 Å². The van der Waals surface area contributed by atoms with Gasteiger partial charge in [0.2, 0.25) is 11.8 Å². The molecule has 2 amide bonds. The van der Waals surface area contributed by atoms with Crippen molar-refractivity contribution in [2.75, 3.05) is 17.4 Å². The number of anilines is 1. The Labute approximate surface area is 259 Å². The summed E-state index contributed by atoms with van der Waals surface area (Å²) in [5.74, 6) is -1.43. The Balaban J connectivity index is 1.76. The molecule has 44 heavy (non-hydrogen) atoms. The van der Waals surface area contributed by atoms with Crippen LogP contribution in [0.4, 0.5) is 10.1 Å². The Kier molecular flexibility index (Phi) is 11.3. The minimum Gasteiger partial charge on any atom is -0.354 e. The van der Waals surface area contributed by atoms with Gasteiger partial charge >= 0.3 is 0 Å². The molecule has 0 radical (unpaired) electrons. The van der Waals surface area contributed by atoms with Crippen molar-refractivity contribution < 1.29 is 22.4 Å². The van der Waals surface area contributed by atoms with Crippen molar-refractivity contribution in [2.45, 2.75) is 50.6 Å². The van der Waals surface area contributed by atoms with Crippen LogP contribution in [0.3, 0.4) is 0 Å². The third kappa shape index (κ3) is 8.54. The molecule has 0 spiro atoms. The van der Waals surface area contributed by atoms with Crippen molar-refractivity contribution in [2.24, 2.45) is 0 Å². The third-order valence-corrected chi connectivity index (χ3v) is 9.09. The van der Waals surface area contributed by atoms with Crippen molar-refractivity contribution in [1.29, 1.82) is 0 Å². The molecule has 9 heteroatoms. The summed E-state index contributed by atoms with van der Waals surface area (Å²) in [6, 6.07) is 29.0. The lowest BCUT2D eigenvalue weighted by molar-refractivity contribution is -0.140. The summed E-state index contributed by atoms with van der Waals surface area (Å²) in [4.78, 5) is 29.4. The van der Waals surface area contributed by atoms with Gasteiger partial charge in [0, 0.05) is 19.5 Å². The fourth-order valence-electron chi connectivity index (χ4n) is 4.81. The van der Waals surface area contributed by atoms with Crippen LogP contribution in [0.2, 0.25) is 0 Å². The summed E-state index contributed by atoms with van der Waals surface area (Å²) in [6.07, 6.45) is 1.92. The highest BCUT2D eigenvalue weighted by atomic mass is 32.2. The van der Waals surface area contributed by atoms with Crippen LogP contribution in [0.15, 0.2) is 114 Å². The second-order valence-electron chi connectivity index (χ2n) is 10.7. The Hall–Kier alpha value is -4.50. The topological polar surface area (TPSA) is 86.8 Å². The Bertz CT molecular complexity index is 1610. The lowest BCUT2D eigenvalue weighted by Crippen LogP contribution is -2.53. The van der Waals surface area contributed by atoms with E-state index in [9.17, 15) is 22.4 Å². The number of para-hydroxylation sites is 1. The zero-order valence-electron chi connectivity index (χ0n) is 25.0. The number of nitrogens with zero attached hydrogens (tertiary/aromatic N) is 2. The monoisotopic (exact) mass is 615 g/mol. The molecule has 7 nitrogen and oxygen atoms in total. The first-order valence-electron chi connectivity index (χ1n) is 14.7. The summed E-state index contributed by atoms with van der Waals surface area (Å²) in [5, 5.41) is 2.98. The summed E-state index contributed by atoms with van der Waals surface area (Å²) in [7, 11) is -4.28. The molecule has 1 N–H and O–H groups in total. The quantitative estimate of drug-likeness (QED) is 0.179. The predicted octanol–water partition coefficient (Wildman–Crippen LogP) is 5.89. The van der Waals surface area contributed by atoms with Gasteiger partial charge < -0.3 is 10.2 Å². The first-order chi connectivity index (χ1) is 21.2. The molecule has 4 aromatic carbocycles. The second-order valence-corrected chi connectivity index (χ2v) is 12.5. The maximum Gasteiger partial charge on any atom is 0.264 e. The van der Waals surface area contributed by atoms with Gasteiger partial charge in [0.05, 0.1) is 10.6 Å². The van der Waals surface area contributed by atoms with Crippen molar-refractivity contribution in [3.63, 3.8) is 0 Å². The van der Waals surface area contributed by atoms with E-state index in [1.807, 2.05) is 68.4 Å². The Morgan fingerprint density at radius 1 is 0.818 bits per heavy atom. The zero-order valence-corrected chi connectivity index (χ0v) is 25.8. The third-order valence-electron chi connectivity index (χ3n) is 7.30. The molecule has 0 saturated heterocycles. The highest BCUT2D eigenvalue weighted by molar-refractivity contribution is 7.92. The van der Waals surface area contributed by atoms with Gasteiger partial charge in [-0.25, -0.2) is 12.8 Å². The van der Waals surface area contributed by atoms with Crippen molar-refractivity contribution in [1.82, 2.24) is 10.2 Å². The van der Waals surface area contributed by atoms with Gasteiger partial charge in [0.1, 0.15) is 18.4 Å². The van der Waals surface area contributed by atoms with Crippen LogP contribution in [-0.4, -0.2) is 44.3 Å². The van der Waals surface area contributed by atoms with Gasteiger partial charge in [-0.05, 0) is 60.9 Å². The highest BCUT2D eigenvalue weighted by Gasteiger charge is 2.34. The number of unbranched alkanes of at least 4 members (excludes halogenated alkanes) is 1. The van der Waals surface area contributed by atoms with Gasteiger partial charge in [-0.1, -0.05) is 91.7 Å². The van der Waals surface area contributed by atoms with E-state index in [2.05, 4.69) is 5.32 Å². The van der Waals surface area contributed by atoms with Crippen LogP contribution >= 0.6 is 0 Å². The van der Waals surface area contributed by atoms with E-state index in [0.29, 0.717) is 6.54 Å². The number of sulfonamides is 1. The standard InChI is InChI=1S/C35H38FN3O4S/c1-3-4-23-37-35(41)33(24-28-11-7-5-8-12-28)38(25-29-17-15-27(2)16-18-29)34(40)26-39(31-13-9-6-10-14-31)44(42,43)32-21-19-30(36)20-22-32/h5-22,33H,3-4,23-26H2,1-2H3,(H,37,41)/t33-/m1/s1. The van der Waals surface area contributed by atoms with E-state index in [1.54, 1.807) is 30.3 Å². The molecule has 0 saturated carbocycles. The lowest BCUT2D eigenvalue weighted by Gasteiger charge is -2.34. The number of amides is 2. The second kappa shape index (κ2) is 15.3. The van der Waals surface area contributed by atoms with E-state index >= 15 is 0 Å². The molecule has 1 atom stereocenters. The summed E-state index contributed by atoms with van der Waals surface area (Å²) in [6.45, 7) is 3.98. The fraction of sp³-hybridized carbons (Fsp3) is 0.257. The smallest absolute Gasteiger partial charge is 0.264 e. The molecule has 4 aromatic rings. The number of halogens is 1. The first-order valence-corrected chi connectivity index (χ1v) is 16.1. The molecule has 0 aliphatic carbocycles. The molecule has 230 valence electrons. The molecule has 0 heterocycles. The fourth-order valence-corrected chi connectivity index (χ4v) is 6.22. The molecular weight excluding hydrogens is 577 g/mol. The van der Waals surface area contributed by atoms with Crippen LogP contribution in [0.1, 0.15) is 36.5 Å². The predicted molar refractivity (Wildman–Crippen MR) is 171 cm³/mol. The number of rotatable bonds is 14. The van der Waals surface area contributed by atoms with Gasteiger partial charge in [0.25, 0.3) is 10.0 Å². The van der Waals surface area contributed by atoms with Crippen molar-refractivity contribution in [3.05, 3.63) is 132 Å². The summed E-state index contributed by atoms with van der Waals surface area (Å²) in [5.41, 5.74) is 2.98. The Morgan fingerprint density at radius 2 is 1.43 bits per heavy atom. The van der Waals surface area contributed by atoms with Crippen molar-refractivity contribution in [3.8, 4) is 0 Å². The van der Waals surface area contributed by atoms with Gasteiger partial charge in [-0.15, -0.1) is 0 Å². The van der Waals surface area contributed by atoms with Crippen molar-refractivity contribution >= 4 is 27.5 Å². The van der Waals surface area contributed by atoms with E-state index < -0.39 is 34.3 Å². The molecule has 0 bridgehead atoms. The summed E-state index contributed by atoms with van der Waals surface area (Å²) < 4.78 is 42.5. The maximum absolute atomic E-state index is 14.4. The van der Waals surface area contributed by atoms with E-state index in [-0.39, 0.29) is 29.5 Å². The lowest BCUT2D eigenvalue weighted by atomic mass is 10.0. The highest BCUT2D eigenvalue weighted by Crippen LogP contribution is 2.25. The largest absolute Gasteiger partial charge is 0.354 e. The average Bonchev–Trinajstić information content (AvgIpc) is 3.03. The molecule has 0 aliphatic heterocycles.